The Hall–Kier alpha value is -2.59. The molecule has 0 spiro atoms. The monoisotopic (exact) mass is 280 g/mol. The van der Waals surface area contributed by atoms with Crippen molar-refractivity contribution in [1.82, 2.24) is 4.98 Å². The van der Waals surface area contributed by atoms with Crippen LogP contribution in [0.1, 0.15) is 17.2 Å². The quantitative estimate of drug-likeness (QED) is 0.774. The highest BCUT2D eigenvalue weighted by atomic mass is 16.5. The van der Waals surface area contributed by atoms with Gasteiger partial charge in [-0.2, -0.15) is 0 Å². The van der Waals surface area contributed by atoms with E-state index in [-0.39, 0.29) is 0 Å². The van der Waals surface area contributed by atoms with Crippen LogP contribution in [-0.2, 0) is 0 Å². The fraction of sp³-hybridized carbons (Fsp3) is 0.118. The van der Waals surface area contributed by atoms with Crippen molar-refractivity contribution in [2.24, 2.45) is 0 Å². The minimum Gasteiger partial charge on any atom is -0.496 e. The van der Waals surface area contributed by atoms with Crippen LogP contribution in [0.2, 0.25) is 0 Å². The molecule has 1 heterocycles. The topological polar surface area (TPSA) is 68.4 Å². The lowest BCUT2D eigenvalue weighted by Crippen LogP contribution is -2.05. The lowest BCUT2D eigenvalue weighted by atomic mass is 9.95. The van der Waals surface area contributed by atoms with Crippen molar-refractivity contribution in [2.75, 3.05) is 12.8 Å². The summed E-state index contributed by atoms with van der Waals surface area (Å²) in [7, 11) is 1.64. The highest BCUT2D eigenvalue weighted by Crippen LogP contribution is 2.35. The molecule has 0 amide bonds. The van der Waals surface area contributed by atoms with Gasteiger partial charge in [-0.3, -0.25) is 4.98 Å². The summed E-state index contributed by atoms with van der Waals surface area (Å²) in [6.45, 7) is 0. The van der Waals surface area contributed by atoms with Gasteiger partial charge in [0.05, 0.1) is 7.11 Å². The van der Waals surface area contributed by atoms with Crippen LogP contribution in [0.3, 0.4) is 0 Å². The van der Waals surface area contributed by atoms with Crippen LogP contribution in [0.5, 0.6) is 5.75 Å². The van der Waals surface area contributed by atoms with Gasteiger partial charge in [0, 0.05) is 29.0 Å². The molecule has 3 rings (SSSR count). The van der Waals surface area contributed by atoms with Crippen LogP contribution in [0.25, 0.3) is 10.8 Å². The van der Waals surface area contributed by atoms with Crippen LogP contribution in [0, 0.1) is 0 Å². The van der Waals surface area contributed by atoms with Crippen LogP contribution in [0.15, 0.2) is 54.9 Å². The zero-order valence-electron chi connectivity index (χ0n) is 11.7. The highest BCUT2D eigenvalue weighted by Gasteiger charge is 2.17. The first-order valence-electron chi connectivity index (χ1n) is 6.65. The Morgan fingerprint density at radius 2 is 1.81 bits per heavy atom. The van der Waals surface area contributed by atoms with E-state index < -0.39 is 6.10 Å². The van der Waals surface area contributed by atoms with Crippen LogP contribution < -0.4 is 10.5 Å². The van der Waals surface area contributed by atoms with Crippen molar-refractivity contribution in [3.05, 3.63) is 66.0 Å². The number of fused-ring (bicyclic) bond motifs is 1. The number of aliphatic hydroxyl groups excluding tert-OH is 1. The predicted molar refractivity (Wildman–Crippen MR) is 83.2 cm³/mol. The minimum atomic E-state index is -0.825. The van der Waals surface area contributed by atoms with Crippen molar-refractivity contribution in [3.8, 4) is 5.75 Å². The lowest BCUT2D eigenvalue weighted by molar-refractivity contribution is 0.222. The third-order valence-corrected chi connectivity index (χ3v) is 3.61. The summed E-state index contributed by atoms with van der Waals surface area (Å²) >= 11 is 0. The molecule has 1 aromatic heterocycles. The summed E-state index contributed by atoms with van der Waals surface area (Å²) < 4.78 is 5.37. The molecule has 3 aromatic rings. The molecule has 0 bridgehead atoms. The molecule has 21 heavy (non-hydrogen) atoms. The predicted octanol–water partition coefficient (Wildman–Crippen LogP) is 2.91. The first-order valence-corrected chi connectivity index (χ1v) is 6.65. The molecule has 4 nitrogen and oxygen atoms in total. The van der Waals surface area contributed by atoms with Crippen molar-refractivity contribution < 1.29 is 9.84 Å². The van der Waals surface area contributed by atoms with Crippen LogP contribution in [-0.4, -0.2) is 17.2 Å². The fourth-order valence-electron chi connectivity index (χ4n) is 2.52. The van der Waals surface area contributed by atoms with Gasteiger partial charge in [-0.25, -0.2) is 0 Å². The van der Waals surface area contributed by atoms with E-state index in [0.29, 0.717) is 11.3 Å². The third kappa shape index (κ3) is 2.30. The summed E-state index contributed by atoms with van der Waals surface area (Å²) in [5, 5.41) is 12.6. The number of pyridine rings is 1. The Morgan fingerprint density at radius 1 is 1.05 bits per heavy atom. The molecule has 3 N–H and O–H groups in total. The summed E-state index contributed by atoms with van der Waals surface area (Å²) in [4.78, 5) is 4.04. The number of ether oxygens (including phenoxy) is 1. The van der Waals surface area contributed by atoms with Crippen LogP contribution >= 0.6 is 0 Å². The standard InChI is InChI=1S/C17H16N2O2/c1-21-16-7-6-13(11-4-2-3-5-12(11)16)17(20)14-10-19-9-8-15(14)18/h2-10,17,20H,1H3,(H2,18,19). The van der Waals surface area contributed by atoms with E-state index >= 15 is 0 Å². The normalized spacial score (nSPS) is 12.3. The second-order valence-electron chi connectivity index (χ2n) is 4.81. The van der Waals surface area contributed by atoms with Gasteiger partial charge in [-0.05, 0) is 23.1 Å². The van der Waals surface area contributed by atoms with Crippen molar-refractivity contribution in [3.63, 3.8) is 0 Å². The number of aliphatic hydroxyl groups is 1. The summed E-state index contributed by atoms with van der Waals surface area (Å²) in [5.41, 5.74) is 7.85. The molecular formula is C17H16N2O2. The number of hydrogen-bond donors (Lipinski definition) is 2. The number of nitrogen functional groups attached to an aromatic ring is 1. The van der Waals surface area contributed by atoms with E-state index in [2.05, 4.69) is 4.98 Å². The number of hydrogen-bond acceptors (Lipinski definition) is 4. The number of nitrogens with zero attached hydrogens (tertiary/aromatic N) is 1. The molecule has 0 radical (unpaired) electrons. The molecule has 1 unspecified atom stereocenters. The number of nitrogens with two attached hydrogens (primary N) is 1. The molecule has 0 aliphatic rings. The van der Waals surface area contributed by atoms with Gasteiger partial charge in [0.2, 0.25) is 0 Å². The maximum absolute atomic E-state index is 10.7. The van der Waals surface area contributed by atoms with E-state index in [1.807, 2.05) is 36.4 Å². The highest BCUT2D eigenvalue weighted by molar-refractivity contribution is 5.91. The second kappa shape index (κ2) is 5.42. The molecule has 4 heteroatoms. The summed E-state index contributed by atoms with van der Waals surface area (Å²) in [6, 6.07) is 13.2. The first-order chi connectivity index (χ1) is 10.2. The zero-order valence-corrected chi connectivity index (χ0v) is 11.7. The second-order valence-corrected chi connectivity index (χ2v) is 4.81. The van der Waals surface area contributed by atoms with Crippen molar-refractivity contribution in [2.45, 2.75) is 6.10 Å². The van der Waals surface area contributed by atoms with Gasteiger partial charge in [-0.15, -0.1) is 0 Å². The Labute approximate surface area is 122 Å². The number of methoxy groups -OCH3 is 1. The van der Waals surface area contributed by atoms with Gasteiger partial charge < -0.3 is 15.6 Å². The van der Waals surface area contributed by atoms with E-state index in [0.717, 1.165) is 22.1 Å². The van der Waals surface area contributed by atoms with E-state index in [1.54, 1.807) is 25.6 Å². The van der Waals surface area contributed by atoms with E-state index in [4.69, 9.17) is 10.5 Å². The SMILES string of the molecule is COc1ccc(C(O)c2cnccc2N)c2ccccc12. The molecule has 0 aliphatic heterocycles. The summed E-state index contributed by atoms with van der Waals surface area (Å²) in [6.07, 6.45) is 2.38. The number of benzene rings is 2. The number of anilines is 1. The number of rotatable bonds is 3. The molecule has 0 fully saturated rings. The first kappa shape index (κ1) is 13.4. The largest absolute Gasteiger partial charge is 0.496 e. The van der Waals surface area contributed by atoms with Gasteiger partial charge in [0.25, 0.3) is 0 Å². The van der Waals surface area contributed by atoms with E-state index in [1.165, 1.54) is 0 Å². The molecule has 0 aliphatic carbocycles. The Kier molecular flexibility index (Phi) is 3.46. The van der Waals surface area contributed by atoms with E-state index in [9.17, 15) is 5.11 Å². The molecule has 0 saturated carbocycles. The minimum absolute atomic E-state index is 0.525. The Balaban J connectivity index is 2.19. The Bertz CT molecular complexity index is 787. The van der Waals surface area contributed by atoms with Crippen molar-refractivity contribution in [1.29, 1.82) is 0 Å². The smallest absolute Gasteiger partial charge is 0.126 e. The van der Waals surface area contributed by atoms with Gasteiger partial charge in [0.1, 0.15) is 11.9 Å². The van der Waals surface area contributed by atoms with Crippen molar-refractivity contribution >= 4 is 16.5 Å². The average Bonchev–Trinajstić information content (AvgIpc) is 2.53. The summed E-state index contributed by atoms with van der Waals surface area (Å²) in [5.74, 6) is 0.778. The average molecular weight is 280 g/mol. The lowest BCUT2D eigenvalue weighted by Gasteiger charge is -2.17. The molecule has 0 saturated heterocycles. The molecular weight excluding hydrogens is 264 g/mol. The van der Waals surface area contributed by atoms with Gasteiger partial charge >= 0.3 is 0 Å². The molecule has 106 valence electrons. The third-order valence-electron chi connectivity index (χ3n) is 3.61. The zero-order chi connectivity index (χ0) is 14.8. The Morgan fingerprint density at radius 3 is 2.52 bits per heavy atom. The molecule has 2 aromatic carbocycles. The maximum Gasteiger partial charge on any atom is 0.126 e. The fourth-order valence-corrected chi connectivity index (χ4v) is 2.52. The molecule has 1 atom stereocenters. The number of aromatic nitrogens is 1. The maximum atomic E-state index is 10.7. The van der Waals surface area contributed by atoms with Crippen LogP contribution in [0.4, 0.5) is 5.69 Å². The van der Waals surface area contributed by atoms with Gasteiger partial charge in [0.15, 0.2) is 0 Å². The van der Waals surface area contributed by atoms with Gasteiger partial charge in [-0.1, -0.05) is 30.3 Å².